The first-order valence-corrected chi connectivity index (χ1v) is 6.33. The van der Waals surface area contributed by atoms with Gasteiger partial charge in [-0.05, 0) is 24.5 Å². The summed E-state index contributed by atoms with van der Waals surface area (Å²) in [6, 6.07) is 8.03. The van der Waals surface area contributed by atoms with Crippen molar-refractivity contribution in [3.8, 4) is 0 Å². The van der Waals surface area contributed by atoms with E-state index in [0.29, 0.717) is 6.54 Å². The lowest BCUT2D eigenvalue weighted by Gasteiger charge is -2.26. The Morgan fingerprint density at radius 3 is 2.73 bits per heavy atom. The molecule has 82 valence electrons. The van der Waals surface area contributed by atoms with Crippen molar-refractivity contribution >= 4 is 11.8 Å². The summed E-state index contributed by atoms with van der Waals surface area (Å²) in [6.45, 7) is 0.294. The van der Waals surface area contributed by atoms with Crippen molar-refractivity contribution in [1.82, 2.24) is 0 Å². The molecular weight excluding hydrogens is 206 g/mol. The molecule has 0 spiro atoms. The molecule has 3 heteroatoms. The molecule has 1 saturated carbocycles. The smallest absolute Gasteiger partial charge is 0.0923 e. The van der Waals surface area contributed by atoms with Gasteiger partial charge >= 0.3 is 0 Å². The number of aliphatic hydroxyl groups excluding tert-OH is 1. The predicted octanol–water partition coefficient (Wildman–Crippen LogP) is 2.32. The van der Waals surface area contributed by atoms with Gasteiger partial charge in [0.05, 0.1) is 6.10 Å². The van der Waals surface area contributed by atoms with Crippen LogP contribution in [0.2, 0.25) is 0 Å². The Balaban J connectivity index is 2.13. The van der Waals surface area contributed by atoms with Crippen molar-refractivity contribution in [2.45, 2.75) is 35.5 Å². The van der Waals surface area contributed by atoms with Gasteiger partial charge in [-0.25, -0.2) is 0 Å². The fraction of sp³-hybridized carbons (Fsp3) is 0.500. The van der Waals surface area contributed by atoms with E-state index in [1.807, 2.05) is 30.0 Å². The Kier molecular flexibility index (Phi) is 3.67. The van der Waals surface area contributed by atoms with Crippen LogP contribution in [-0.2, 0) is 0 Å². The summed E-state index contributed by atoms with van der Waals surface area (Å²) in [6.07, 6.45) is 3.43. The van der Waals surface area contributed by atoms with Gasteiger partial charge in [-0.1, -0.05) is 24.6 Å². The van der Waals surface area contributed by atoms with Crippen LogP contribution in [0.25, 0.3) is 0 Å². The first kappa shape index (κ1) is 11.0. The maximum Gasteiger partial charge on any atom is 0.0923 e. The van der Waals surface area contributed by atoms with Crippen LogP contribution in [-0.4, -0.2) is 16.9 Å². The molecule has 1 aromatic carbocycles. The van der Waals surface area contributed by atoms with E-state index in [2.05, 4.69) is 6.07 Å². The van der Waals surface area contributed by atoms with E-state index >= 15 is 0 Å². The topological polar surface area (TPSA) is 46.2 Å². The zero-order valence-electron chi connectivity index (χ0n) is 8.73. The van der Waals surface area contributed by atoms with Crippen LogP contribution < -0.4 is 5.73 Å². The lowest BCUT2D eigenvalue weighted by atomic mass is 10.00. The highest BCUT2D eigenvalue weighted by Crippen LogP contribution is 2.38. The van der Waals surface area contributed by atoms with Gasteiger partial charge in [0, 0.05) is 16.7 Å². The first-order valence-electron chi connectivity index (χ1n) is 5.45. The number of hydrogen-bond donors (Lipinski definition) is 2. The van der Waals surface area contributed by atoms with Gasteiger partial charge < -0.3 is 10.8 Å². The standard InChI is InChI=1S/C12H17NOS/c13-8-11(14)10-6-1-2-7-12(10)15-9-4-3-5-9/h1-2,6-7,9,11,14H,3-5,8,13H2. The largest absolute Gasteiger partial charge is 0.387 e. The fourth-order valence-electron chi connectivity index (χ4n) is 1.66. The van der Waals surface area contributed by atoms with Crippen molar-refractivity contribution in [1.29, 1.82) is 0 Å². The number of benzene rings is 1. The predicted molar refractivity (Wildman–Crippen MR) is 64.0 cm³/mol. The van der Waals surface area contributed by atoms with Crippen LogP contribution in [0.3, 0.4) is 0 Å². The van der Waals surface area contributed by atoms with Crippen LogP contribution in [0, 0.1) is 0 Å². The molecule has 1 aliphatic carbocycles. The average molecular weight is 223 g/mol. The van der Waals surface area contributed by atoms with E-state index in [4.69, 9.17) is 5.73 Å². The minimum atomic E-state index is -0.520. The van der Waals surface area contributed by atoms with Gasteiger partial charge in [0.25, 0.3) is 0 Å². The number of aliphatic hydroxyl groups is 1. The van der Waals surface area contributed by atoms with Gasteiger partial charge in [0.1, 0.15) is 0 Å². The lowest BCUT2D eigenvalue weighted by Crippen LogP contribution is -2.15. The van der Waals surface area contributed by atoms with E-state index in [-0.39, 0.29) is 0 Å². The molecule has 0 bridgehead atoms. The number of thioether (sulfide) groups is 1. The Morgan fingerprint density at radius 2 is 2.13 bits per heavy atom. The molecule has 2 rings (SSSR count). The van der Waals surface area contributed by atoms with Crippen LogP contribution in [0.5, 0.6) is 0 Å². The number of nitrogens with two attached hydrogens (primary N) is 1. The second-order valence-corrected chi connectivity index (χ2v) is 5.30. The Morgan fingerprint density at radius 1 is 1.40 bits per heavy atom. The normalized spacial score (nSPS) is 18.5. The second kappa shape index (κ2) is 5.01. The summed E-state index contributed by atoms with van der Waals surface area (Å²) in [5.41, 5.74) is 6.47. The molecule has 0 heterocycles. The van der Waals surface area contributed by atoms with Gasteiger partial charge in [0.15, 0.2) is 0 Å². The summed E-state index contributed by atoms with van der Waals surface area (Å²) < 4.78 is 0. The zero-order valence-corrected chi connectivity index (χ0v) is 9.54. The third kappa shape index (κ3) is 2.54. The van der Waals surface area contributed by atoms with Crippen LogP contribution >= 0.6 is 11.8 Å². The van der Waals surface area contributed by atoms with Crippen molar-refractivity contribution in [2.24, 2.45) is 5.73 Å². The summed E-state index contributed by atoms with van der Waals surface area (Å²) in [4.78, 5) is 1.19. The van der Waals surface area contributed by atoms with Crippen LogP contribution in [0.15, 0.2) is 29.2 Å². The zero-order chi connectivity index (χ0) is 10.7. The van der Waals surface area contributed by atoms with Gasteiger partial charge in [0.2, 0.25) is 0 Å². The van der Waals surface area contributed by atoms with Crippen molar-refractivity contribution in [3.63, 3.8) is 0 Å². The molecule has 0 aromatic heterocycles. The Hall–Kier alpha value is -0.510. The molecule has 1 aromatic rings. The summed E-state index contributed by atoms with van der Waals surface area (Å²) in [5.74, 6) is 0. The van der Waals surface area contributed by atoms with Gasteiger partial charge in [-0.3, -0.25) is 0 Å². The SMILES string of the molecule is NCC(O)c1ccccc1SC1CCC1. The molecule has 0 radical (unpaired) electrons. The molecule has 15 heavy (non-hydrogen) atoms. The molecule has 3 N–H and O–H groups in total. The third-order valence-corrected chi connectivity index (χ3v) is 4.28. The maximum atomic E-state index is 9.78. The Labute approximate surface area is 94.9 Å². The molecule has 2 nitrogen and oxygen atoms in total. The maximum absolute atomic E-state index is 9.78. The molecule has 1 atom stereocenters. The third-order valence-electron chi connectivity index (χ3n) is 2.85. The van der Waals surface area contributed by atoms with Crippen LogP contribution in [0.4, 0.5) is 0 Å². The number of hydrogen-bond acceptors (Lipinski definition) is 3. The molecule has 1 fully saturated rings. The summed E-state index contributed by atoms with van der Waals surface area (Å²) >= 11 is 1.89. The number of rotatable bonds is 4. The Bertz CT molecular complexity index is 325. The molecule has 1 aliphatic rings. The monoisotopic (exact) mass is 223 g/mol. The average Bonchev–Trinajstić information content (AvgIpc) is 2.23. The molecule has 0 amide bonds. The van der Waals surface area contributed by atoms with Crippen molar-refractivity contribution in [3.05, 3.63) is 29.8 Å². The first-order chi connectivity index (χ1) is 7.31. The molecule has 0 aliphatic heterocycles. The minimum Gasteiger partial charge on any atom is -0.387 e. The van der Waals surface area contributed by atoms with E-state index < -0.39 is 6.10 Å². The van der Waals surface area contributed by atoms with E-state index in [1.165, 1.54) is 24.2 Å². The highest BCUT2D eigenvalue weighted by Gasteiger charge is 2.20. The molecule has 0 saturated heterocycles. The van der Waals surface area contributed by atoms with E-state index in [1.54, 1.807) is 0 Å². The quantitative estimate of drug-likeness (QED) is 0.823. The molecular formula is C12H17NOS. The highest BCUT2D eigenvalue weighted by molar-refractivity contribution is 8.00. The van der Waals surface area contributed by atoms with Gasteiger partial charge in [-0.2, -0.15) is 0 Å². The van der Waals surface area contributed by atoms with E-state index in [9.17, 15) is 5.11 Å². The summed E-state index contributed by atoms with van der Waals surface area (Å²) in [5, 5.41) is 10.5. The minimum absolute atomic E-state index is 0.294. The van der Waals surface area contributed by atoms with Crippen molar-refractivity contribution in [2.75, 3.05) is 6.54 Å². The molecule has 1 unspecified atom stereocenters. The van der Waals surface area contributed by atoms with E-state index in [0.717, 1.165) is 10.8 Å². The second-order valence-electron chi connectivity index (χ2n) is 3.96. The van der Waals surface area contributed by atoms with Crippen molar-refractivity contribution < 1.29 is 5.11 Å². The summed E-state index contributed by atoms with van der Waals surface area (Å²) in [7, 11) is 0. The highest BCUT2D eigenvalue weighted by atomic mass is 32.2. The fourth-order valence-corrected chi connectivity index (χ4v) is 3.08. The lowest BCUT2D eigenvalue weighted by molar-refractivity contribution is 0.184. The van der Waals surface area contributed by atoms with Crippen LogP contribution in [0.1, 0.15) is 30.9 Å². The van der Waals surface area contributed by atoms with Gasteiger partial charge in [-0.15, -0.1) is 11.8 Å².